The maximum absolute atomic E-state index is 12.6. The fourth-order valence-electron chi connectivity index (χ4n) is 3.42. The third-order valence-corrected chi connectivity index (χ3v) is 5.04. The molecule has 152 valence electrons. The fourth-order valence-corrected chi connectivity index (χ4v) is 3.42. The summed E-state index contributed by atoms with van der Waals surface area (Å²) in [6, 6.07) is 14.2. The molecule has 0 atom stereocenters. The van der Waals surface area contributed by atoms with Crippen molar-refractivity contribution in [3.8, 4) is 11.4 Å². The van der Waals surface area contributed by atoms with Gasteiger partial charge in [0.05, 0.1) is 17.7 Å². The van der Waals surface area contributed by atoms with Crippen molar-refractivity contribution >= 4 is 22.7 Å². The number of amides is 1. The summed E-state index contributed by atoms with van der Waals surface area (Å²) in [4.78, 5) is 25.0. The second kappa shape index (κ2) is 7.51. The number of fused-ring (bicyclic) bond motifs is 1. The highest BCUT2D eigenvalue weighted by Gasteiger charge is 2.16. The van der Waals surface area contributed by atoms with Crippen molar-refractivity contribution in [2.24, 2.45) is 0 Å². The van der Waals surface area contributed by atoms with E-state index in [1.54, 1.807) is 23.7 Å². The zero-order chi connectivity index (χ0) is 21.4. The summed E-state index contributed by atoms with van der Waals surface area (Å²) >= 11 is 0. The van der Waals surface area contributed by atoms with Crippen LogP contribution in [0.15, 0.2) is 57.7 Å². The van der Waals surface area contributed by atoms with Gasteiger partial charge in [-0.05, 0) is 50.6 Å². The first kappa shape index (κ1) is 19.4. The third kappa shape index (κ3) is 3.69. The summed E-state index contributed by atoms with van der Waals surface area (Å²) in [5.41, 5.74) is 3.54. The van der Waals surface area contributed by atoms with Gasteiger partial charge in [-0.2, -0.15) is 0 Å². The molecule has 0 aliphatic heterocycles. The van der Waals surface area contributed by atoms with Crippen molar-refractivity contribution in [2.75, 3.05) is 5.32 Å². The molecular formula is C23H21N3O4. The standard InChI is InChI=1S/C23H21N3O4/c1-13-4-6-16(7-5-13)26-14(2)10-21(25-26)24-22(28)12-19-15(3)18-9-8-17(27)11-20(18)30-23(19)29/h4-11,27H,12H2,1-3H3,(H,24,25,28). The van der Waals surface area contributed by atoms with Gasteiger partial charge in [-0.1, -0.05) is 17.7 Å². The highest BCUT2D eigenvalue weighted by Crippen LogP contribution is 2.24. The lowest BCUT2D eigenvalue weighted by Crippen LogP contribution is -2.21. The van der Waals surface area contributed by atoms with Crippen LogP contribution in [0.25, 0.3) is 16.7 Å². The first-order valence-electron chi connectivity index (χ1n) is 9.50. The van der Waals surface area contributed by atoms with E-state index in [-0.39, 0.29) is 29.2 Å². The number of benzene rings is 2. The van der Waals surface area contributed by atoms with Gasteiger partial charge in [-0.25, -0.2) is 9.48 Å². The van der Waals surface area contributed by atoms with E-state index in [9.17, 15) is 14.7 Å². The van der Waals surface area contributed by atoms with E-state index in [1.165, 1.54) is 12.1 Å². The highest BCUT2D eigenvalue weighted by molar-refractivity contribution is 5.92. The SMILES string of the molecule is Cc1ccc(-n2nc(NC(=O)Cc3c(C)c4ccc(O)cc4oc3=O)cc2C)cc1. The largest absolute Gasteiger partial charge is 0.508 e. The van der Waals surface area contributed by atoms with E-state index < -0.39 is 5.63 Å². The number of phenolic OH excluding ortho intramolecular Hbond substituents is 1. The minimum Gasteiger partial charge on any atom is -0.508 e. The van der Waals surface area contributed by atoms with Crippen LogP contribution in [0, 0.1) is 20.8 Å². The van der Waals surface area contributed by atoms with E-state index >= 15 is 0 Å². The molecule has 0 bridgehead atoms. The molecule has 4 aromatic rings. The summed E-state index contributed by atoms with van der Waals surface area (Å²) < 4.78 is 7.03. The lowest BCUT2D eigenvalue weighted by molar-refractivity contribution is -0.115. The number of hydrogen-bond donors (Lipinski definition) is 2. The molecule has 2 aromatic heterocycles. The molecule has 0 fully saturated rings. The normalized spacial score (nSPS) is 11.0. The highest BCUT2D eigenvalue weighted by atomic mass is 16.4. The van der Waals surface area contributed by atoms with E-state index in [4.69, 9.17) is 4.42 Å². The first-order valence-corrected chi connectivity index (χ1v) is 9.50. The summed E-state index contributed by atoms with van der Waals surface area (Å²) in [6.07, 6.45) is -0.137. The molecule has 0 saturated heterocycles. The molecule has 7 nitrogen and oxygen atoms in total. The van der Waals surface area contributed by atoms with Crippen molar-refractivity contribution in [1.29, 1.82) is 0 Å². The number of aromatic nitrogens is 2. The molecule has 0 unspecified atom stereocenters. The summed E-state index contributed by atoms with van der Waals surface area (Å²) in [5.74, 6) is 0.0537. The summed E-state index contributed by atoms with van der Waals surface area (Å²) in [7, 11) is 0. The maximum Gasteiger partial charge on any atom is 0.340 e. The molecule has 0 saturated carbocycles. The average molecular weight is 403 g/mol. The van der Waals surface area contributed by atoms with Crippen LogP contribution < -0.4 is 10.9 Å². The van der Waals surface area contributed by atoms with Gasteiger partial charge in [0, 0.05) is 23.2 Å². The van der Waals surface area contributed by atoms with Crippen LogP contribution in [-0.4, -0.2) is 20.8 Å². The molecular weight excluding hydrogens is 382 g/mol. The van der Waals surface area contributed by atoms with Crippen molar-refractivity contribution in [3.63, 3.8) is 0 Å². The van der Waals surface area contributed by atoms with Crippen LogP contribution in [-0.2, 0) is 11.2 Å². The molecule has 7 heteroatoms. The number of nitrogens with zero attached hydrogens (tertiary/aromatic N) is 2. The Morgan fingerprint density at radius 3 is 2.57 bits per heavy atom. The Kier molecular flexibility index (Phi) is 4.87. The first-order chi connectivity index (χ1) is 14.3. The molecule has 0 radical (unpaired) electrons. The maximum atomic E-state index is 12.6. The number of anilines is 1. The van der Waals surface area contributed by atoms with Gasteiger partial charge in [0.25, 0.3) is 0 Å². The number of carbonyl (C=O) groups excluding carboxylic acids is 1. The van der Waals surface area contributed by atoms with Gasteiger partial charge in [0.1, 0.15) is 11.3 Å². The van der Waals surface area contributed by atoms with Crippen LogP contribution in [0.2, 0.25) is 0 Å². The Morgan fingerprint density at radius 1 is 1.10 bits per heavy atom. The average Bonchev–Trinajstić information content (AvgIpc) is 3.05. The van der Waals surface area contributed by atoms with Crippen molar-refractivity contribution in [3.05, 3.63) is 81.3 Å². The predicted molar refractivity (Wildman–Crippen MR) is 114 cm³/mol. The monoisotopic (exact) mass is 403 g/mol. The van der Waals surface area contributed by atoms with Crippen LogP contribution in [0.1, 0.15) is 22.4 Å². The van der Waals surface area contributed by atoms with Crippen molar-refractivity contribution in [1.82, 2.24) is 9.78 Å². The van der Waals surface area contributed by atoms with Crippen molar-refractivity contribution in [2.45, 2.75) is 27.2 Å². The van der Waals surface area contributed by atoms with Crippen LogP contribution in [0.3, 0.4) is 0 Å². The Morgan fingerprint density at radius 2 is 1.83 bits per heavy atom. The Labute approximate surface area is 172 Å². The molecule has 2 N–H and O–H groups in total. The number of rotatable bonds is 4. The van der Waals surface area contributed by atoms with E-state index in [0.29, 0.717) is 16.8 Å². The molecule has 2 aromatic carbocycles. The van der Waals surface area contributed by atoms with Crippen LogP contribution in [0.4, 0.5) is 5.82 Å². The zero-order valence-corrected chi connectivity index (χ0v) is 16.9. The molecule has 1 amide bonds. The zero-order valence-electron chi connectivity index (χ0n) is 16.9. The predicted octanol–water partition coefficient (Wildman–Crippen LogP) is 3.79. The number of hydrogen-bond acceptors (Lipinski definition) is 5. The van der Waals surface area contributed by atoms with Gasteiger partial charge in [0.2, 0.25) is 5.91 Å². The van der Waals surface area contributed by atoms with E-state index in [0.717, 1.165) is 16.9 Å². The third-order valence-electron chi connectivity index (χ3n) is 5.04. The Bertz CT molecular complexity index is 1320. The fraction of sp³-hybridized carbons (Fsp3) is 0.174. The molecule has 30 heavy (non-hydrogen) atoms. The number of aromatic hydroxyl groups is 1. The van der Waals surface area contributed by atoms with Gasteiger partial charge < -0.3 is 14.8 Å². The molecule has 0 aliphatic carbocycles. The molecule has 0 aliphatic rings. The van der Waals surface area contributed by atoms with Gasteiger partial charge >= 0.3 is 5.63 Å². The summed E-state index contributed by atoms with van der Waals surface area (Å²) in [5, 5.41) is 17.5. The summed E-state index contributed by atoms with van der Waals surface area (Å²) in [6.45, 7) is 5.68. The van der Waals surface area contributed by atoms with Crippen LogP contribution >= 0.6 is 0 Å². The number of phenols is 1. The van der Waals surface area contributed by atoms with Gasteiger partial charge in [0.15, 0.2) is 5.82 Å². The quantitative estimate of drug-likeness (QED) is 0.505. The number of aryl methyl sites for hydroxylation is 3. The lowest BCUT2D eigenvalue weighted by Gasteiger charge is -2.08. The minimum absolute atomic E-state index is 0.00933. The smallest absolute Gasteiger partial charge is 0.340 e. The lowest BCUT2D eigenvalue weighted by atomic mass is 10.0. The Hall–Kier alpha value is -3.87. The van der Waals surface area contributed by atoms with Crippen LogP contribution in [0.5, 0.6) is 5.75 Å². The van der Waals surface area contributed by atoms with Gasteiger partial charge in [-0.3, -0.25) is 4.79 Å². The number of nitrogens with one attached hydrogen (secondary N) is 1. The van der Waals surface area contributed by atoms with E-state index in [1.807, 2.05) is 38.1 Å². The molecule has 4 rings (SSSR count). The Balaban J connectivity index is 1.57. The molecule has 0 spiro atoms. The molecule has 2 heterocycles. The second-order valence-electron chi connectivity index (χ2n) is 7.32. The van der Waals surface area contributed by atoms with E-state index in [2.05, 4.69) is 10.4 Å². The number of carbonyl (C=O) groups is 1. The topological polar surface area (TPSA) is 97.4 Å². The second-order valence-corrected chi connectivity index (χ2v) is 7.32. The van der Waals surface area contributed by atoms with Crippen molar-refractivity contribution < 1.29 is 14.3 Å². The minimum atomic E-state index is -0.595. The van der Waals surface area contributed by atoms with Gasteiger partial charge in [-0.15, -0.1) is 5.10 Å².